The SMILES string of the molecule is CC(C)OC(=O)[C@H](C)NP(=O)(OC[C@@H]1C[C@@](C)(F)[C@H](n2cnc3c(N(C)C)nc(N)nc32)O1)Oc1ccccc1. The Hall–Kier alpha value is -3.32. The van der Waals surface area contributed by atoms with Crippen LogP contribution in [0.4, 0.5) is 16.2 Å². The molecule has 3 N–H and O–H groups in total. The van der Waals surface area contributed by atoms with Crippen LogP contribution in [0.5, 0.6) is 5.75 Å². The number of nitrogens with one attached hydrogen (secondary N) is 1. The minimum absolute atomic E-state index is 0.00609. The van der Waals surface area contributed by atoms with E-state index < -0.39 is 37.8 Å². The molecule has 218 valence electrons. The number of rotatable bonds is 11. The normalized spacial score (nSPS) is 23.2. The zero-order chi connectivity index (χ0) is 29.2. The Balaban J connectivity index is 1.53. The lowest BCUT2D eigenvalue weighted by molar-refractivity contribution is -0.149. The monoisotopic (exact) mass is 579 g/mol. The van der Waals surface area contributed by atoms with Crippen LogP contribution in [0.2, 0.25) is 0 Å². The topological polar surface area (TPSA) is 156 Å². The van der Waals surface area contributed by atoms with Crippen molar-refractivity contribution >= 4 is 36.6 Å². The first kappa shape index (κ1) is 29.7. The number of halogens is 1. The van der Waals surface area contributed by atoms with Crippen LogP contribution in [0, 0.1) is 0 Å². The van der Waals surface area contributed by atoms with Gasteiger partial charge in [-0.05, 0) is 39.8 Å². The van der Waals surface area contributed by atoms with E-state index in [-0.39, 0.29) is 30.8 Å². The van der Waals surface area contributed by atoms with Gasteiger partial charge in [-0.2, -0.15) is 15.1 Å². The molecule has 1 aromatic carbocycles. The lowest BCUT2D eigenvalue weighted by atomic mass is 10.0. The maximum Gasteiger partial charge on any atom is 0.459 e. The molecule has 2 aromatic heterocycles. The number of alkyl halides is 1. The lowest BCUT2D eigenvalue weighted by Crippen LogP contribution is -2.36. The second-order valence-electron chi connectivity index (χ2n) is 10.3. The Morgan fingerprint density at radius 1 is 1.30 bits per heavy atom. The number of benzene rings is 1. The molecule has 0 saturated carbocycles. The third-order valence-electron chi connectivity index (χ3n) is 6.02. The molecule has 1 aliphatic heterocycles. The van der Waals surface area contributed by atoms with Crippen LogP contribution in [-0.2, 0) is 23.4 Å². The first-order valence-electron chi connectivity index (χ1n) is 12.8. The summed E-state index contributed by atoms with van der Waals surface area (Å²) in [7, 11) is -0.579. The van der Waals surface area contributed by atoms with Gasteiger partial charge in [0.2, 0.25) is 5.95 Å². The first-order valence-corrected chi connectivity index (χ1v) is 14.3. The Morgan fingerprint density at radius 3 is 2.65 bits per heavy atom. The number of para-hydroxylation sites is 1. The smallest absolute Gasteiger partial charge is 0.459 e. The van der Waals surface area contributed by atoms with Crippen molar-refractivity contribution in [1.82, 2.24) is 24.6 Å². The highest BCUT2D eigenvalue weighted by Crippen LogP contribution is 2.48. The van der Waals surface area contributed by atoms with Gasteiger partial charge in [0, 0.05) is 20.5 Å². The summed E-state index contributed by atoms with van der Waals surface area (Å²) in [6.07, 6.45) is -0.985. The number of hydrogen-bond donors (Lipinski definition) is 2. The molecule has 1 fully saturated rings. The molecule has 5 atom stereocenters. The number of nitrogen functional groups attached to an aromatic ring is 1. The van der Waals surface area contributed by atoms with E-state index in [1.165, 1.54) is 24.7 Å². The van der Waals surface area contributed by atoms with Crippen molar-refractivity contribution in [3.8, 4) is 5.75 Å². The second-order valence-corrected chi connectivity index (χ2v) is 11.9. The van der Waals surface area contributed by atoms with Crippen molar-refractivity contribution in [1.29, 1.82) is 0 Å². The van der Waals surface area contributed by atoms with Crippen LogP contribution in [0.15, 0.2) is 36.7 Å². The molecule has 0 amide bonds. The number of esters is 1. The van der Waals surface area contributed by atoms with Gasteiger partial charge in [-0.3, -0.25) is 13.9 Å². The fraction of sp³-hybridized carbons (Fsp3) is 0.520. The van der Waals surface area contributed by atoms with Gasteiger partial charge in [0.15, 0.2) is 28.9 Å². The van der Waals surface area contributed by atoms with Gasteiger partial charge < -0.3 is 24.6 Å². The molecule has 3 heterocycles. The van der Waals surface area contributed by atoms with E-state index in [1.807, 2.05) is 0 Å². The fourth-order valence-electron chi connectivity index (χ4n) is 4.29. The summed E-state index contributed by atoms with van der Waals surface area (Å²) in [5.41, 5.74) is 4.78. The van der Waals surface area contributed by atoms with Gasteiger partial charge in [-0.15, -0.1) is 0 Å². The maximum absolute atomic E-state index is 15.9. The highest BCUT2D eigenvalue weighted by Gasteiger charge is 2.48. The van der Waals surface area contributed by atoms with Crippen LogP contribution in [-0.4, -0.2) is 70.1 Å². The van der Waals surface area contributed by atoms with E-state index in [1.54, 1.807) is 63.2 Å². The molecule has 1 unspecified atom stereocenters. The molecular formula is C25H35FN7O6P. The Labute approximate surface area is 231 Å². The Kier molecular flexibility index (Phi) is 8.64. The lowest BCUT2D eigenvalue weighted by Gasteiger charge is -2.24. The Morgan fingerprint density at radius 2 is 2.00 bits per heavy atom. The van der Waals surface area contributed by atoms with E-state index in [0.29, 0.717) is 17.0 Å². The molecule has 0 bridgehead atoms. The number of carbonyl (C=O) groups is 1. The highest BCUT2D eigenvalue weighted by molar-refractivity contribution is 7.52. The number of nitrogens with two attached hydrogens (primary N) is 1. The van der Waals surface area contributed by atoms with E-state index in [4.69, 9.17) is 24.3 Å². The maximum atomic E-state index is 15.9. The molecule has 4 rings (SSSR count). The van der Waals surface area contributed by atoms with Gasteiger partial charge in [-0.25, -0.2) is 13.9 Å². The number of aromatic nitrogens is 4. The molecule has 1 aliphatic rings. The van der Waals surface area contributed by atoms with Gasteiger partial charge in [-0.1, -0.05) is 18.2 Å². The minimum Gasteiger partial charge on any atom is -0.462 e. The van der Waals surface area contributed by atoms with E-state index in [2.05, 4.69) is 20.0 Å². The molecule has 0 spiro atoms. The summed E-state index contributed by atoms with van der Waals surface area (Å²) in [5, 5.41) is 2.61. The number of anilines is 2. The van der Waals surface area contributed by atoms with Crippen LogP contribution >= 0.6 is 7.75 Å². The van der Waals surface area contributed by atoms with Gasteiger partial charge >= 0.3 is 13.7 Å². The zero-order valence-corrected chi connectivity index (χ0v) is 24.2. The molecule has 15 heteroatoms. The van der Waals surface area contributed by atoms with Crippen LogP contribution in [0.1, 0.15) is 40.3 Å². The second kappa shape index (κ2) is 11.7. The van der Waals surface area contributed by atoms with Crippen LogP contribution in [0.25, 0.3) is 11.2 Å². The number of imidazole rings is 1. The van der Waals surface area contributed by atoms with Gasteiger partial charge in [0.1, 0.15) is 11.8 Å². The fourth-order valence-corrected chi connectivity index (χ4v) is 5.81. The summed E-state index contributed by atoms with van der Waals surface area (Å²) >= 11 is 0. The third kappa shape index (κ3) is 6.69. The number of ether oxygens (including phenoxy) is 2. The van der Waals surface area contributed by atoms with E-state index in [0.717, 1.165) is 0 Å². The third-order valence-corrected chi connectivity index (χ3v) is 7.66. The number of hydrogen-bond acceptors (Lipinski definition) is 11. The molecule has 13 nitrogen and oxygen atoms in total. The molecule has 0 radical (unpaired) electrons. The molecule has 1 saturated heterocycles. The van der Waals surface area contributed by atoms with Crippen molar-refractivity contribution in [2.75, 3.05) is 31.3 Å². The molecule has 0 aliphatic carbocycles. The van der Waals surface area contributed by atoms with Crippen molar-refractivity contribution < 1.29 is 32.3 Å². The molecule has 40 heavy (non-hydrogen) atoms. The average molecular weight is 580 g/mol. The van der Waals surface area contributed by atoms with Gasteiger partial charge in [0.05, 0.1) is 25.1 Å². The van der Waals surface area contributed by atoms with Crippen LogP contribution < -0.4 is 20.2 Å². The van der Waals surface area contributed by atoms with Crippen LogP contribution in [0.3, 0.4) is 0 Å². The summed E-state index contributed by atoms with van der Waals surface area (Å²) < 4.78 is 53.7. The van der Waals surface area contributed by atoms with Crippen molar-refractivity contribution in [3.63, 3.8) is 0 Å². The summed E-state index contributed by atoms with van der Waals surface area (Å²) in [6, 6.07) is 7.33. The first-order chi connectivity index (χ1) is 18.8. The molecule has 3 aromatic rings. The number of carbonyl (C=O) groups excluding carboxylic acids is 1. The quantitative estimate of drug-likeness (QED) is 0.252. The Bertz CT molecular complexity index is 1390. The number of fused-ring (bicyclic) bond motifs is 1. The minimum atomic E-state index is -4.15. The standard InChI is InChI=1S/C25H35FN7O6P/c1-15(2)37-22(34)16(3)31-40(35,39-17-10-8-7-9-11-17)36-13-18-12-25(4,26)23(38-18)33-14-28-19-20(32(5)6)29-24(27)30-21(19)33/h7-11,14-16,18,23H,12-13H2,1-6H3,(H,31,35)(H2,27,29,30)/t16-,18-,23+,25+,40?/m0/s1. The van der Waals surface area contributed by atoms with Crippen molar-refractivity contribution in [3.05, 3.63) is 36.7 Å². The average Bonchev–Trinajstić information content (AvgIpc) is 3.41. The summed E-state index contributed by atoms with van der Waals surface area (Å²) in [4.78, 5) is 26.9. The zero-order valence-electron chi connectivity index (χ0n) is 23.3. The van der Waals surface area contributed by atoms with E-state index in [9.17, 15) is 9.36 Å². The summed E-state index contributed by atoms with van der Waals surface area (Å²) in [5.74, 6) is 0.109. The predicted octanol–water partition coefficient (Wildman–Crippen LogP) is 3.62. The number of nitrogens with zero attached hydrogens (tertiary/aromatic N) is 5. The van der Waals surface area contributed by atoms with Gasteiger partial charge in [0.25, 0.3) is 0 Å². The molecular weight excluding hydrogens is 544 g/mol. The van der Waals surface area contributed by atoms with E-state index >= 15 is 4.39 Å². The predicted molar refractivity (Wildman–Crippen MR) is 147 cm³/mol. The van der Waals surface area contributed by atoms with Crippen molar-refractivity contribution in [2.24, 2.45) is 0 Å². The highest BCUT2D eigenvalue weighted by atomic mass is 31.2. The largest absolute Gasteiger partial charge is 0.462 e. The van der Waals surface area contributed by atoms with Crippen molar-refractivity contribution in [2.45, 2.75) is 64.3 Å². The summed E-state index contributed by atoms with van der Waals surface area (Å²) in [6.45, 7) is 5.98.